The van der Waals surface area contributed by atoms with E-state index < -0.39 is 10.0 Å². The lowest BCUT2D eigenvalue weighted by Crippen LogP contribution is -2.35. The Morgan fingerprint density at radius 3 is 2.67 bits per heavy atom. The molecule has 0 saturated carbocycles. The van der Waals surface area contributed by atoms with Crippen molar-refractivity contribution in [1.29, 1.82) is 0 Å². The zero-order valence-corrected chi connectivity index (χ0v) is 19.0. The van der Waals surface area contributed by atoms with Crippen molar-refractivity contribution < 1.29 is 17.9 Å². The van der Waals surface area contributed by atoms with Gasteiger partial charge in [-0.25, -0.2) is 13.4 Å². The zero-order valence-electron chi connectivity index (χ0n) is 17.3. The summed E-state index contributed by atoms with van der Waals surface area (Å²) >= 11 is 1.19. The number of benzene rings is 1. The maximum absolute atomic E-state index is 13.0. The fourth-order valence-electron chi connectivity index (χ4n) is 3.08. The van der Waals surface area contributed by atoms with Crippen molar-refractivity contribution in [3.63, 3.8) is 0 Å². The molecule has 2 heterocycles. The molecule has 1 aliphatic heterocycles. The second-order valence-corrected chi connectivity index (χ2v) is 10.2. The molecular weight excluding hydrogens is 426 g/mol. The lowest BCUT2D eigenvalue weighted by atomic mass is 10.2. The molecule has 9 nitrogen and oxygen atoms in total. The molecule has 0 aliphatic carbocycles. The van der Waals surface area contributed by atoms with Crippen LogP contribution in [0.1, 0.15) is 38.9 Å². The second kappa shape index (κ2) is 9.80. The number of amides is 1. The van der Waals surface area contributed by atoms with Crippen molar-refractivity contribution in [3.05, 3.63) is 24.0 Å². The van der Waals surface area contributed by atoms with Crippen LogP contribution in [0.25, 0.3) is 0 Å². The van der Waals surface area contributed by atoms with E-state index in [-0.39, 0.29) is 22.7 Å². The number of H-pyrrole nitrogens is 1. The molecule has 1 saturated heterocycles. The van der Waals surface area contributed by atoms with Gasteiger partial charge in [-0.3, -0.25) is 9.89 Å². The average Bonchev–Trinajstić information content (AvgIpc) is 3.13. The van der Waals surface area contributed by atoms with Crippen molar-refractivity contribution in [1.82, 2.24) is 19.5 Å². The van der Waals surface area contributed by atoms with E-state index in [0.717, 1.165) is 19.3 Å². The van der Waals surface area contributed by atoms with E-state index in [9.17, 15) is 13.2 Å². The lowest BCUT2D eigenvalue weighted by Gasteiger charge is -2.26. The summed E-state index contributed by atoms with van der Waals surface area (Å²) in [6.07, 6.45) is 2.62. The summed E-state index contributed by atoms with van der Waals surface area (Å²) in [5, 5.41) is 9.96. The first-order chi connectivity index (χ1) is 14.3. The first-order valence-corrected chi connectivity index (χ1v) is 12.3. The van der Waals surface area contributed by atoms with Crippen LogP contribution < -0.4 is 10.1 Å². The van der Waals surface area contributed by atoms with Crippen LogP contribution in [-0.2, 0) is 14.8 Å². The summed E-state index contributed by atoms with van der Waals surface area (Å²) in [4.78, 5) is 16.8. The predicted molar refractivity (Wildman–Crippen MR) is 115 cm³/mol. The number of ether oxygens (including phenoxy) is 1. The summed E-state index contributed by atoms with van der Waals surface area (Å²) in [7, 11) is -3.62. The standard InChI is InChI=1S/C19H27N5O4S2/c1-13(2)28-17-8-7-15(30(26,27)24-9-5-4-6-10-24)11-16(17)21-18(25)12-29-19-20-14(3)22-23-19/h7-8,11,13H,4-6,9-10,12H2,1-3H3,(H,21,25)(H,20,22,23). The zero-order chi connectivity index (χ0) is 21.7. The highest BCUT2D eigenvalue weighted by Crippen LogP contribution is 2.31. The number of carbonyl (C=O) groups is 1. The van der Waals surface area contributed by atoms with E-state index >= 15 is 0 Å². The molecule has 11 heteroatoms. The number of nitrogens with one attached hydrogen (secondary N) is 2. The number of hydrogen-bond acceptors (Lipinski definition) is 7. The Bertz CT molecular complexity index is 985. The van der Waals surface area contributed by atoms with Crippen LogP contribution in [0.2, 0.25) is 0 Å². The number of aryl methyl sites for hydroxylation is 1. The van der Waals surface area contributed by atoms with E-state index in [4.69, 9.17) is 4.74 Å². The summed E-state index contributed by atoms with van der Waals surface area (Å²) in [5.41, 5.74) is 0.332. The highest BCUT2D eigenvalue weighted by molar-refractivity contribution is 7.99. The van der Waals surface area contributed by atoms with Crippen molar-refractivity contribution in [2.75, 3.05) is 24.2 Å². The number of carbonyl (C=O) groups excluding carboxylic acids is 1. The smallest absolute Gasteiger partial charge is 0.243 e. The molecule has 2 N–H and O–H groups in total. The van der Waals surface area contributed by atoms with Crippen molar-refractivity contribution in [2.45, 2.75) is 56.2 Å². The Labute approximate surface area is 181 Å². The van der Waals surface area contributed by atoms with E-state index in [1.165, 1.54) is 28.2 Å². The Kier molecular flexibility index (Phi) is 7.37. The third-order valence-electron chi connectivity index (χ3n) is 4.45. The quantitative estimate of drug-likeness (QED) is 0.590. The topological polar surface area (TPSA) is 117 Å². The number of hydrogen-bond donors (Lipinski definition) is 2. The minimum absolute atomic E-state index is 0.0848. The molecule has 164 valence electrons. The fourth-order valence-corrected chi connectivity index (χ4v) is 5.27. The molecule has 0 bridgehead atoms. The molecule has 1 amide bonds. The molecule has 1 aromatic carbocycles. The van der Waals surface area contributed by atoms with Gasteiger partial charge in [-0.2, -0.15) is 4.31 Å². The third-order valence-corrected chi connectivity index (χ3v) is 7.19. The Hall–Kier alpha value is -2.11. The largest absolute Gasteiger partial charge is 0.489 e. The first kappa shape index (κ1) is 22.6. The maximum Gasteiger partial charge on any atom is 0.243 e. The Morgan fingerprint density at radius 1 is 1.30 bits per heavy atom. The molecule has 2 aromatic rings. The Morgan fingerprint density at radius 2 is 2.03 bits per heavy atom. The van der Waals surface area contributed by atoms with Gasteiger partial charge in [0, 0.05) is 13.1 Å². The number of aromatic nitrogens is 3. The Balaban J connectivity index is 1.79. The summed E-state index contributed by atoms with van der Waals surface area (Å²) < 4.78 is 33.3. The minimum Gasteiger partial charge on any atom is -0.489 e. The van der Waals surface area contributed by atoms with Crippen molar-refractivity contribution in [3.8, 4) is 5.75 Å². The van der Waals surface area contributed by atoms with Crippen molar-refractivity contribution in [2.24, 2.45) is 0 Å². The van der Waals surface area contributed by atoms with Crippen LogP contribution in [0.5, 0.6) is 5.75 Å². The average molecular weight is 454 g/mol. The molecule has 0 radical (unpaired) electrons. The molecular formula is C19H27N5O4S2. The number of rotatable bonds is 8. The van der Waals surface area contributed by atoms with Gasteiger partial charge in [0.2, 0.25) is 21.1 Å². The van der Waals surface area contributed by atoms with Crippen LogP contribution in [0, 0.1) is 6.92 Å². The SMILES string of the molecule is Cc1nc(SCC(=O)Nc2cc(S(=O)(=O)N3CCCCC3)ccc2OC(C)C)n[nH]1. The number of piperidine rings is 1. The molecule has 1 aliphatic rings. The van der Waals surface area contributed by atoms with Crippen molar-refractivity contribution >= 4 is 33.4 Å². The van der Waals surface area contributed by atoms with Gasteiger partial charge in [0.05, 0.1) is 22.4 Å². The number of sulfonamides is 1. The summed E-state index contributed by atoms with van der Waals surface area (Å²) in [6.45, 7) is 6.54. The van der Waals surface area contributed by atoms with E-state index in [1.807, 2.05) is 13.8 Å². The number of aromatic amines is 1. The highest BCUT2D eigenvalue weighted by atomic mass is 32.2. The van der Waals surface area contributed by atoms with Gasteiger partial charge in [0.1, 0.15) is 11.6 Å². The third kappa shape index (κ3) is 5.73. The number of thioether (sulfide) groups is 1. The highest BCUT2D eigenvalue weighted by Gasteiger charge is 2.27. The normalized spacial score (nSPS) is 15.3. The molecule has 0 atom stereocenters. The fraction of sp³-hybridized carbons (Fsp3) is 0.526. The molecule has 0 spiro atoms. The lowest BCUT2D eigenvalue weighted by molar-refractivity contribution is -0.113. The van der Waals surface area contributed by atoms with E-state index in [0.29, 0.717) is 35.5 Å². The van der Waals surface area contributed by atoms with Gasteiger partial charge in [0.25, 0.3) is 0 Å². The van der Waals surface area contributed by atoms with Crippen LogP contribution in [0.3, 0.4) is 0 Å². The summed E-state index contributed by atoms with van der Waals surface area (Å²) in [5.74, 6) is 0.876. The van der Waals surface area contributed by atoms with Crippen LogP contribution in [-0.4, -0.2) is 58.8 Å². The van der Waals surface area contributed by atoms with Gasteiger partial charge >= 0.3 is 0 Å². The van der Waals surface area contributed by atoms with Crippen LogP contribution >= 0.6 is 11.8 Å². The summed E-state index contributed by atoms with van der Waals surface area (Å²) in [6, 6.07) is 4.60. The van der Waals surface area contributed by atoms with Gasteiger partial charge in [-0.05, 0) is 51.8 Å². The van der Waals surface area contributed by atoms with Gasteiger partial charge in [-0.1, -0.05) is 18.2 Å². The minimum atomic E-state index is -3.62. The first-order valence-electron chi connectivity index (χ1n) is 9.88. The van der Waals surface area contributed by atoms with Gasteiger partial charge in [-0.15, -0.1) is 5.10 Å². The second-order valence-electron chi connectivity index (χ2n) is 7.33. The molecule has 3 rings (SSSR count). The van der Waals surface area contributed by atoms with Crippen LogP contribution in [0.4, 0.5) is 5.69 Å². The molecule has 1 aromatic heterocycles. The number of anilines is 1. The van der Waals surface area contributed by atoms with E-state index in [1.54, 1.807) is 13.0 Å². The molecule has 1 fully saturated rings. The monoisotopic (exact) mass is 453 g/mol. The van der Waals surface area contributed by atoms with Crippen LogP contribution in [0.15, 0.2) is 28.3 Å². The van der Waals surface area contributed by atoms with E-state index in [2.05, 4.69) is 20.5 Å². The van der Waals surface area contributed by atoms with Gasteiger partial charge in [0.15, 0.2) is 0 Å². The maximum atomic E-state index is 13.0. The number of nitrogens with zero attached hydrogens (tertiary/aromatic N) is 3. The van der Waals surface area contributed by atoms with Gasteiger partial charge < -0.3 is 10.1 Å². The molecule has 0 unspecified atom stereocenters. The molecule has 30 heavy (non-hydrogen) atoms. The predicted octanol–water partition coefficient (Wildman–Crippen LogP) is 2.81.